The van der Waals surface area contributed by atoms with Gasteiger partial charge in [-0.25, -0.2) is 0 Å². The Morgan fingerprint density at radius 2 is 2.40 bits per heavy atom. The van der Waals surface area contributed by atoms with Gasteiger partial charge in [-0.15, -0.1) is 16.4 Å². The van der Waals surface area contributed by atoms with Crippen LogP contribution in [0.25, 0.3) is 0 Å². The molecule has 78 valence electrons. The minimum Gasteiger partial charge on any atom is -0.346 e. The number of rotatable bonds is 3. The van der Waals surface area contributed by atoms with Crippen molar-refractivity contribution in [1.29, 1.82) is 0 Å². The van der Waals surface area contributed by atoms with Crippen LogP contribution >= 0.6 is 38.8 Å². The van der Waals surface area contributed by atoms with Gasteiger partial charge < -0.3 is 5.32 Å². The number of amides is 1. The number of hydrogen-bond acceptors (Lipinski definition) is 5. The fourth-order valence-electron chi connectivity index (χ4n) is 0.968. The Bertz CT molecular complexity index is 454. The first-order valence-corrected chi connectivity index (χ1v) is 6.50. The first-order valence-electron chi connectivity index (χ1n) is 4.05. The lowest BCUT2D eigenvalue weighted by Crippen LogP contribution is -2.22. The summed E-state index contributed by atoms with van der Waals surface area (Å²) in [5.41, 5.74) is 0.371. The van der Waals surface area contributed by atoms with Crippen LogP contribution in [0.2, 0.25) is 0 Å². The molecule has 1 N–H and O–H groups in total. The van der Waals surface area contributed by atoms with E-state index in [1.54, 1.807) is 16.7 Å². The van der Waals surface area contributed by atoms with Crippen LogP contribution in [0.4, 0.5) is 0 Å². The highest BCUT2D eigenvalue weighted by Crippen LogP contribution is 2.21. The summed E-state index contributed by atoms with van der Waals surface area (Å²) in [6, 6.07) is 3.92. The van der Waals surface area contributed by atoms with Crippen molar-refractivity contribution in [3.63, 3.8) is 0 Å². The summed E-state index contributed by atoms with van der Waals surface area (Å²) < 4.78 is 4.69. The van der Waals surface area contributed by atoms with Crippen LogP contribution < -0.4 is 5.32 Å². The highest BCUT2D eigenvalue weighted by atomic mass is 79.9. The second-order valence-corrected chi connectivity index (χ2v) is 5.84. The maximum absolute atomic E-state index is 11.5. The predicted octanol–water partition coefficient (Wildman–Crippen LogP) is 2.29. The van der Waals surface area contributed by atoms with Gasteiger partial charge in [0.15, 0.2) is 5.69 Å². The van der Waals surface area contributed by atoms with E-state index in [1.807, 2.05) is 12.1 Å². The molecular weight excluding hydrogens is 298 g/mol. The van der Waals surface area contributed by atoms with E-state index in [1.165, 1.54) is 11.5 Å². The smallest absolute Gasteiger partial charge is 0.273 e. The Labute approximate surface area is 103 Å². The monoisotopic (exact) mass is 303 g/mol. The molecule has 0 spiro atoms. The van der Waals surface area contributed by atoms with Crippen LogP contribution in [0.5, 0.6) is 0 Å². The minimum absolute atomic E-state index is 0.187. The summed E-state index contributed by atoms with van der Waals surface area (Å²) in [5.74, 6) is -0.187. The number of hydrogen-bond donors (Lipinski definition) is 1. The molecule has 0 aliphatic heterocycles. The molecule has 0 aliphatic carbocycles. The van der Waals surface area contributed by atoms with Crippen molar-refractivity contribution >= 4 is 44.7 Å². The zero-order valence-electron chi connectivity index (χ0n) is 7.44. The lowest BCUT2D eigenvalue weighted by Gasteiger charge is -1.99. The molecule has 0 saturated heterocycles. The molecule has 0 aliphatic rings. The van der Waals surface area contributed by atoms with E-state index in [-0.39, 0.29) is 5.91 Å². The van der Waals surface area contributed by atoms with Crippen molar-refractivity contribution in [3.8, 4) is 0 Å². The SMILES string of the molecule is O=C(NCc1ccc(Br)s1)c1csnn1. The van der Waals surface area contributed by atoms with Gasteiger partial charge in [-0.3, -0.25) is 4.79 Å². The van der Waals surface area contributed by atoms with Crippen molar-refractivity contribution in [3.05, 3.63) is 31.9 Å². The van der Waals surface area contributed by atoms with Gasteiger partial charge in [0.2, 0.25) is 0 Å². The summed E-state index contributed by atoms with van der Waals surface area (Å²) in [5, 5.41) is 8.08. The molecule has 0 unspecified atom stereocenters. The fourth-order valence-corrected chi connectivity index (χ4v) is 2.83. The van der Waals surface area contributed by atoms with Crippen molar-refractivity contribution in [1.82, 2.24) is 14.9 Å². The minimum atomic E-state index is -0.187. The molecule has 7 heteroatoms. The summed E-state index contributed by atoms with van der Waals surface area (Å²) in [6.45, 7) is 0.520. The molecule has 2 heterocycles. The zero-order valence-corrected chi connectivity index (χ0v) is 10.7. The van der Waals surface area contributed by atoms with Crippen molar-refractivity contribution in [2.45, 2.75) is 6.54 Å². The number of nitrogens with zero attached hydrogens (tertiary/aromatic N) is 2. The van der Waals surface area contributed by atoms with Crippen LogP contribution in [0.15, 0.2) is 21.3 Å². The van der Waals surface area contributed by atoms with Gasteiger partial charge in [-0.2, -0.15) is 0 Å². The largest absolute Gasteiger partial charge is 0.346 e. The normalized spacial score (nSPS) is 10.2. The summed E-state index contributed by atoms with van der Waals surface area (Å²) in [7, 11) is 0. The number of carbonyl (C=O) groups excluding carboxylic acids is 1. The maximum Gasteiger partial charge on any atom is 0.273 e. The standard InChI is InChI=1S/C8H6BrN3OS2/c9-7-2-1-5(15-7)3-10-8(13)6-4-14-12-11-6/h1-2,4H,3H2,(H,10,13). The second kappa shape index (κ2) is 4.82. The number of carbonyl (C=O) groups is 1. The Morgan fingerprint density at radius 1 is 1.53 bits per heavy atom. The molecule has 15 heavy (non-hydrogen) atoms. The lowest BCUT2D eigenvalue weighted by atomic mass is 10.4. The molecule has 2 aromatic heterocycles. The van der Waals surface area contributed by atoms with Crippen molar-refractivity contribution in [2.75, 3.05) is 0 Å². The van der Waals surface area contributed by atoms with Gasteiger partial charge in [0.05, 0.1) is 10.3 Å². The third-order valence-electron chi connectivity index (χ3n) is 1.64. The van der Waals surface area contributed by atoms with Gasteiger partial charge in [-0.1, -0.05) is 4.49 Å². The maximum atomic E-state index is 11.5. The molecule has 0 bridgehead atoms. The highest BCUT2D eigenvalue weighted by Gasteiger charge is 2.08. The van der Waals surface area contributed by atoms with Crippen LogP contribution in [0.3, 0.4) is 0 Å². The third-order valence-corrected chi connectivity index (χ3v) is 3.77. The van der Waals surface area contributed by atoms with Crippen LogP contribution in [-0.2, 0) is 6.54 Å². The van der Waals surface area contributed by atoms with Crippen LogP contribution in [-0.4, -0.2) is 15.5 Å². The van der Waals surface area contributed by atoms with Gasteiger partial charge >= 0.3 is 0 Å². The molecular formula is C8H6BrN3OS2. The van der Waals surface area contributed by atoms with Gasteiger partial charge in [-0.05, 0) is 39.6 Å². The quantitative estimate of drug-likeness (QED) is 0.946. The lowest BCUT2D eigenvalue weighted by molar-refractivity contribution is 0.0946. The first kappa shape index (κ1) is 10.7. The van der Waals surface area contributed by atoms with E-state index in [4.69, 9.17) is 0 Å². The van der Waals surface area contributed by atoms with E-state index in [2.05, 4.69) is 30.8 Å². The zero-order chi connectivity index (χ0) is 10.7. The summed E-state index contributed by atoms with van der Waals surface area (Å²) >= 11 is 6.13. The average molecular weight is 304 g/mol. The molecule has 0 saturated carbocycles. The van der Waals surface area contributed by atoms with E-state index in [9.17, 15) is 4.79 Å². The Hall–Kier alpha value is -0.790. The van der Waals surface area contributed by atoms with Crippen LogP contribution in [0, 0.1) is 0 Å². The number of thiophene rings is 1. The summed E-state index contributed by atoms with van der Waals surface area (Å²) in [4.78, 5) is 12.6. The van der Waals surface area contributed by atoms with E-state index >= 15 is 0 Å². The molecule has 2 rings (SSSR count). The highest BCUT2D eigenvalue weighted by molar-refractivity contribution is 9.11. The average Bonchev–Trinajstić information content (AvgIpc) is 2.84. The fraction of sp³-hybridized carbons (Fsp3) is 0.125. The van der Waals surface area contributed by atoms with E-state index in [0.717, 1.165) is 8.66 Å². The molecule has 0 radical (unpaired) electrons. The molecule has 0 atom stereocenters. The van der Waals surface area contributed by atoms with Crippen molar-refractivity contribution < 1.29 is 4.79 Å². The van der Waals surface area contributed by atoms with Crippen LogP contribution in [0.1, 0.15) is 15.4 Å². The first-order chi connectivity index (χ1) is 7.25. The number of halogens is 1. The predicted molar refractivity (Wildman–Crippen MR) is 63.1 cm³/mol. The Kier molecular flexibility index (Phi) is 3.45. The van der Waals surface area contributed by atoms with E-state index in [0.29, 0.717) is 12.2 Å². The Balaban J connectivity index is 1.91. The second-order valence-electron chi connectivity index (χ2n) is 2.68. The Morgan fingerprint density at radius 3 is 3.00 bits per heavy atom. The topological polar surface area (TPSA) is 54.9 Å². The molecule has 1 amide bonds. The van der Waals surface area contributed by atoms with Gasteiger partial charge in [0.1, 0.15) is 0 Å². The number of nitrogens with one attached hydrogen (secondary N) is 1. The van der Waals surface area contributed by atoms with Gasteiger partial charge in [0, 0.05) is 10.3 Å². The van der Waals surface area contributed by atoms with E-state index < -0.39 is 0 Å². The molecule has 2 aromatic rings. The molecule has 4 nitrogen and oxygen atoms in total. The summed E-state index contributed by atoms with van der Waals surface area (Å²) in [6.07, 6.45) is 0. The molecule has 0 aromatic carbocycles. The van der Waals surface area contributed by atoms with Gasteiger partial charge in [0.25, 0.3) is 5.91 Å². The van der Waals surface area contributed by atoms with Crippen molar-refractivity contribution in [2.24, 2.45) is 0 Å². The number of aromatic nitrogens is 2. The third kappa shape index (κ3) is 2.83. The molecule has 0 fully saturated rings.